The maximum Gasteiger partial charge on any atom is 0.343 e. The number of esters is 1. The van der Waals surface area contributed by atoms with E-state index in [2.05, 4.69) is 5.10 Å². The Morgan fingerprint density at radius 1 is 1.40 bits per heavy atom. The monoisotopic (exact) mass is 291 g/mol. The van der Waals surface area contributed by atoms with Gasteiger partial charge in [-0.15, -0.1) is 0 Å². The molecule has 1 aromatic carbocycles. The third-order valence-corrected chi connectivity index (χ3v) is 3.64. The maximum atomic E-state index is 12.0. The van der Waals surface area contributed by atoms with Crippen LogP contribution in [0.3, 0.4) is 0 Å². The van der Waals surface area contributed by atoms with E-state index in [0.717, 1.165) is 24.6 Å². The molecule has 0 spiro atoms. The topological polar surface area (TPSA) is 47.4 Å². The number of fused-ring (bicyclic) bond motifs is 1. The van der Waals surface area contributed by atoms with E-state index in [1.807, 2.05) is 40.8 Å². The molecule has 0 saturated carbocycles. The summed E-state index contributed by atoms with van der Waals surface area (Å²) in [6.45, 7) is 3.31. The highest BCUT2D eigenvalue weighted by Gasteiger charge is 2.31. The summed E-state index contributed by atoms with van der Waals surface area (Å²) >= 11 is 6.04. The second-order valence-electron chi connectivity index (χ2n) is 4.63. The highest BCUT2D eigenvalue weighted by atomic mass is 35.5. The summed E-state index contributed by atoms with van der Waals surface area (Å²) < 4.78 is 6.70. The smallest absolute Gasteiger partial charge is 0.343 e. The predicted molar refractivity (Wildman–Crippen MR) is 76.8 cm³/mol. The second-order valence-corrected chi connectivity index (χ2v) is 5.07. The second kappa shape index (κ2) is 4.83. The zero-order valence-corrected chi connectivity index (χ0v) is 12.0. The molecule has 0 bridgehead atoms. The summed E-state index contributed by atoms with van der Waals surface area (Å²) in [6.07, 6.45) is 0. The molecule has 1 aliphatic rings. The van der Waals surface area contributed by atoms with Crippen molar-refractivity contribution >= 4 is 29.1 Å². The van der Waals surface area contributed by atoms with Gasteiger partial charge in [0.2, 0.25) is 0 Å². The number of carbonyl (C=O) groups is 1. The van der Waals surface area contributed by atoms with E-state index in [9.17, 15) is 4.79 Å². The molecule has 3 rings (SSSR count). The predicted octanol–water partition coefficient (Wildman–Crippen LogP) is 2.78. The summed E-state index contributed by atoms with van der Waals surface area (Å²) in [7, 11) is 1.38. The van der Waals surface area contributed by atoms with Crippen molar-refractivity contribution in [3.63, 3.8) is 0 Å². The summed E-state index contributed by atoms with van der Waals surface area (Å²) in [5.74, 6) is 0.411. The molecule has 5 nitrogen and oxygen atoms in total. The summed E-state index contributed by atoms with van der Waals surface area (Å²) in [6, 6.07) is 7.55. The molecule has 6 heteroatoms. The van der Waals surface area contributed by atoms with Crippen molar-refractivity contribution in [3.8, 4) is 0 Å². The van der Waals surface area contributed by atoms with E-state index in [1.54, 1.807) is 0 Å². The van der Waals surface area contributed by atoms with Gasteiger partial charge in [0, 0.05) is 17.3 Å². The number of benzene rings is 1. The Bertz CT molecular complexity index is 681. The standard InChI is InChI=1S/C14H14ClN3O2/c1-9-12(14(19)20-2)13-17(6-7-18(13)16-9)11-5-3-4-10(15)8-11/h3-5,8H,6-7H2,1-2H3. The fourth-order valence-electron chi connectivity index (χ4n) is 2.54. The molecule has 0 unspecified atom stereocenters. The molecule has 104 valence electrons. The lowest BCUT2D eigenvalue weighted by Crippen LogP contribution is -2.17. The minimum absolute atomic E-state index is 0.363. The SMILES string of the molecule is COC(=O)c1c(C)nn2c1N(c1cccc(Cl)c1)CC2. The zero-order chi connectivity index (χ0) is 14.3. The van der Waals surface area contributed by atoms with E-state index in [1.165, 1.54) is 7.11 Å². The van der Waals surface area contributed by atoms with Gasteiger partial charge < -0.3 is 9.64 Å². The molecule has 0 amide bonds. The van der Waals surface area contributed by atoms with Gasteiger partial charge in [-0.25, -0.2) is 9.48 Å². The number of carbonyl (C=O) groups excluding carboxylic acids is 1. The van der Waals surface area contributed by atoms with Gasteiger partial charge in [-0.2, -0.15) is 5.10 Å². The lowest BCUT2D eigenvalue weighted by Gasteiger charge is -2.18. The molecular formula is C14H14ClN3O2. The molecule has 0 fully saturated rings. The molecule has 0 radical (unpaired) electrons. The lowest BCUT2D eigenvalue weighted by atomic mass is 10.2. The first kappa shape index (κ1) is 13.0. The normalized spacial score (nSPS) is 13.4. The summed E-state index contributed by atoms with van der Waals surface area (Å²) in [5, 5.41) is 5.06. The molecule has 0 N–H and O–H groups in total. The zero-order valence-electron chi connectivity index (χ0n) is 11.3. The van der Waals surface area contributed by atoms with Crippen LogP contribution in [0.2, 0.25) is 5.02 Å². The Balaban J connectivity index is 2.11. The molecule has 1 aromatic heterocycles. The molecule has 0 aliphatic carbocycles. The number of hydrogen-bond acceptors (Lipinski definition) is 4. The van der Waals surface area contributed by atoms with Crippen molar-refractivity contribution in [1.29, 1.82) is 0 Å². The maximum absolute atomic E-state index is 12.0. The van der Waals surface area contributed by atoms with Crippen LogP contribution in [-0.4, -0.2) is 29.4 Å². The minimum atomic E-state index is -0.363. The van der Waals surface area contributed by atoms with E-state index in [-0.39, 0.29) is 5.97 Å². The number of hydrogen-bond donors (Lipinski definition) is 0. The fourth-order valence-corrected chi connectivity index (χ4v) is 2.72. The van der Waals surface area contributed by atoms with Crippen LogP contribution in [0.15, 0.2) is 24.3 Å². The summed E-state index contributed by atoms with van der Waals surface area (Å²) in [5.41, 5.74) is 2.14. The van der Waals surface area contributed by atoms with E-state index < -0.39 is 0 Å². The van der Waals surface area contributed by atoms with Crippen LogP contribution in [0.25, 0.3) is 0 Å². The first-order valence-corrected chi connectivity index (χ1v) is 6.68. The lowest BCUT2D eigenvalue weighted by molar-refractivity contribution is 0.0601. The third kappa shape index (κ3) is 1.94. The van der Waals surface area contributed by atoms with Crippen LogP contribution in [0.5, 0.6) is 0 Å². The van der Waals surface area contributed by atoms with E-state index in [4.69, 9.17) is 16.3 Å². The summed E-state index contributed by atoms with van der Waals surface area (Å²) in [4.78, 5) is 14.0. The Morgan fingerprint density at radius 2 is 2.20 bits per heavy atom. The Labute approximate surface area is 121 Å². The van der Waals surface area contributed by atoms with Gasteiger partial charge >= 0.3 is 5.97 Å². The van der Waals surface area contributed by atoms with Crippen molar-refractivity contribution in [3.05, 3.63) is 40.5 Å². The highest BCUT2D eigenvalue weighted by molar-refractivity contribution is 6.30. The fraction of sp³-hybridized carbons (Fsp3) is 0.286. The molecule has 0 atom stereocenters. The van der Waals surface area contributed by atoms with Crippen LogP contribution >= 0.6 is 11.6 Å². The van der Waals surface area contributed by atoms with Gasteiger partial charge in [-0.1, -0.05) is 17.7 Å². The number of rotatable bonds is 2. The van der Waals surface area contributed by atoms with Crippen LogP contribution in [0.1, 0.15) is 16.1 Å². The molecule has 1 aliphatic heterocycles. The highest BCUT2D eigenvalue weighted by Crippen LogP contribution is 2.35. The van der Waals surface area contributed by atoms with Crippen LogP contribution in [0.4, 0.5) is 11.5 Å². The van der Waals surface area contributed by atoms with Crippen molar-refractivity contribution in [2.75, 3.05) is 18.6 Å². The van der Waals surface area contributed by atoms with Crippen molar-refractivity contribution < 1.29 is 9.53 Å². The van der Waals surface area contributed by atoms with Gasteiger partial charge in [-0.3, -0.25) is 0 Å². The average Bonchev–Trinajstić information content (AvgIpc) is 2.95. The Hall–Kier alpha value is -2.01. The molecule has 20 heavy (non-hydrogen) atoms. The van der Waals surface area contributed by atoms with Gasteiger partial charge in [0.25, 0.3) is 0 Å². The van der Waals surface area contributed by atoms with Crippen LogP contribution < -0.4 is 4.90 Å². The molecule has 2 aromatic rings. The van der Waals surface area contributed by atoms with Gasteiger partial charge in [-0.05, 0) is 25.1 Å². The number of ether oxygens (including phenoxy) is 1. The van der Waals surface area contributed by atoms with Gasteiger partial charge in [0.05, 0.1) is 19.3 Å². The van der Waals surface area contributed by atoms with Crippen molar-refractivity contribution in [2.24, 2.45) is 0 Å². The number of nitrogens with zero attached hydrogens (tertiary/aromatic N) is 3. The van der Waals surface area contributed by atoms with Gasteiger partial charge in [0.15, 0.2) is 0 Å². The first-order valence-electron chi connectivity index (χ1n) is 6.30. The first-order chi connectivity index (χ1) is 9.61. The number of anilines is 2. The average molecular weight is 292 g/mol. The Kier molecular flexibility index (Phi) is 3.14. The van der Waals surface area contributed by atoms with Crippen molar-refractivity contribution in [2.45, 2.75) is 13.5 Å². The van der Waals surface area contributed by atoms with Crippen LogP contribution in [-0.2, 0) is 11.3 Å². The number of methoxy groups -OCH3 is 1. The quantitative estimate of drug-likeness (QED) is 0.798. The molecule has 0 saturated heterocycles. The minimum Gasteiger partial charge on any atom is -0.465 e. The van der Waals surface area contributed by atoms with E-state index in [0.29, 0.717) is 16.3 Å². The largest absolute Gasteiger partial charge is 0.465 e. The number of halogens is 1. The third-order valence-electron chi connectivity index (χ3n) is 3.40. The Morgan fingerprint density at radius 3 is 2.90 bits per heavy atom. The number of aromatic nitrogens is 2. The molecule has 2 heterocycles. The number of aryl methyl sites for hydroxylation is 1. The van der Waals surface area contributed by atoms with Crippen molar-refractivity contribution in [1.82, 2.24) is 9.78 Å². The van der Waals surface area contributed by atoms with E-state index >= 15 is 0 Å². The molecular weight excluding hydrogens is 278 g/mol. The van der Waals surface area contributed by atoms with Gasteiger partial charge in [0.1, 0.15) is 11.4 Å². The van der Waals surface area contributed by atoms with Crippen LogP contribution in [0, 0.1) is 6.92 Å².